The molecule has 3 amide bonds. The number of hydrogen-bond donors (Lipinski definition) is 4. The van der Waals surface area contributed by atoms with Crippen LogP contribution in [0.25, 0.3) is 0 Å². The Kier molecular flexibility index (Phi) is 7.51. The molecule has 5 aliphatic rings. The molecule has 0 aromatic heterocycles. The first-order chi connectivity index (χ1) is 17.0. The van der Waals surface area contributed by atoms with Gasteiger partial charge in [-0.05, 0) is 105 Å². The third-order valence-corrected chi connectivity index (χ3v) is 9.26. The molecule has 0 atom stereocenters. The minimum absolute atomic E-state index is 0.151. The minimum Gasteiger partial charge on any atom is -0.508 e. The summed E-state index contributed by atoms with van der Waals surface area (Å²) in [5.41, 5.74) is 0.756. The lowest BCUT2D eigenvalue weighted by molar-refractivity contribution is -0.132. The lowest BCUT2D eigenvalue weighted by atomic mass is 9.48. The Morgan fingerprint density at radius 1 is 0.943 bits per heavy atom. The highest BCUT2D eigenvalue weighted by molar-refractivity contribution is 5.77. The van der Waals surface area contributed by atoms with Crippen molar-refractivity contribution in [1.82, 2.24) is 16.0 Å². The molecular weight excluding hydrogens is 442 g/mol. The molecule has 0 radical (unpaired) electrons. The molecule has 1 aromatic rings. The molecule has 4 bridgehead atoms. The van der Waals surface area contributed by atoms with Crippen molar-refractivity contribution >= 4 is 11.9 Å². The molecule has 1 aromatic carbocycles. The number of carbonyl (C=O) groups is 2. The molecule has 192 valence electrons. The van der Waals surface area contributed by atoms with Crippen LogP contribution in [-0.4, -0.2) is 48.9 Å². The zero-order chi connectivity index (χ0) is 24.3. The molecule has 0 unspecified atom stereocenters. The largest absolute Gasteiger partial charge is 0.508 e. The van der Waals surface area contributed by atoms with Crippen LogP contribution >= 0.6 is 0 Å². The molecule has 4 aliphatic carbocycles. The number of hydrogen-bond acceptors (Lipinski definition) is 4. The zero-order valence-electron chi connectivity index (χ0n) is 20.8. The Hall–Kier alpha value is -2.28. The molecular formula is C28H41N3O4. The second-order valence-corrected chi connectivity index (χ2v) is 11.5. The summed E-state index contributed by atoms with van der Waals surface area (Å²) < 4.78 is 5.46. The molecule has 4 saturated carbocycles. The van der Waals surface area contributed by atoms with Crippen LogP contribution in [0, 0.1) is 29.6 Å². The number of benzene rings is 1. The van der Waals surface area contributed by atoms with Gasteiger partial charge < -0.3 is 25.8 Å². The van der Waals surface area contributed by atoms with Crippen LogP contribution in [0.1, 0.15) is 63.4 Å². The molecule has 7 heteroatoms. The van der Waals surface area contributed by atoms with Crippen LogP contribution in [0.15, 0.2) is 24.3 Å². The van der Waals surface area contributed by atoms with E-state index in [2.05, 4.69) is 16.0 Å². The van der Waals surface area contributed by atoms with Crippen molar-refractivity contribution in [3.05, 3.63) is 29.8 Å². The first-order valence-electron chi connectivity index (χ1n) is 13.7. The average Bonchev–Trinajstić information content (AvgIpc) is 2.86. The molecule has 1 saturated heterocycles. The SMILES string of the molecule is O=C(CCC1CCOCC1)NC1(CNC(=O)NCCc2ccc(O)cc2)C2CC3CC(C2)CC1C3. The summed E-state index contributed by atoms with van der Waals surface area (Å²) in [6, 6.07) is 6.89. The lowest BCUT2D eigenvalue weighted by Gasteiger charge is -2.61. The topological polar surface area (TPSA) is 99.7 Å². The number of carbonyl (C=O) groups excluding carboxylic acids is 2. The Balaban J connectivity index is 1.17. The fourth-order valence-corrected chi connectivity index (χ4v) is 7.53. The normalized spacial score (nSPS) is 31.8. The maximum atomic E-state index is 13.2. The van der Waals surface area contributed by atoms with Crippen LogP contribution in [-0.2, 0) is 16.0 Å². The van der Waals surface area contributed by atoms with Crippen molar-refractivity contribution in [3.8, 4) is 5.75 Å². The van der Waals surface area contributed by atoms with Crippen molar-refractivity contribution in [2.24, 2.45) is 29.6 Å². The number of phenolic OH excluding ortho intramolecular Hbond substituents is 1. The summed E-state index contributed by atoms with van der Waals surface area (Å²) in [5.74, 6) is 3.49. The highest BCUT2D eigenvalue weighted by Crippen LogP contribution is 2.58. The summed E-state index contributed by atoms with van der Waals surface area (Å²) in [6.07, 6.45) is 10.4. The predicted molar refractivity (Wildman–Crippen MR) is 134 cm³/mol. The summed E-state index contributed by atoms with van der Waals surface area (Å²) in [7, 11) is 0. The van der Waals surface area contributed by atoms with E-state index in [1.54, 1.807) is 12.1 Å². The third-order valence-electron chi connectivity index (χ3n) is 9.26. The highest BCUT2D eigenvalue weighted by Gasteiger charge is 2.57. The Morgan fingerprint density at radius 2 is 1.60 bits per heavy atom. The van der Waals surface area contributed by atoms with Crippen molar-refractivity contribution in [3.63, 3.8) is 0 Å². The molecule has 1 heterocycles. The van der Waals surface area contributed by atoms with Gasteiger partial charge in [0, 0.05) is 32.7 Å². The molecule has 1 aliphatic heterocycles. The fourth-order valence-electron chi connectivity index (χ4n) is 7.53. The summed E-state index contributed by atoms with van der Waals surface area (Å²) >= 11 is 0. The predicted octanol–water partition coefficient (Wildman–Crippen LogP) is 3.75. The van der Waals surface area contributed by atoms with Gasteiger partial charge in [0.2, 0.25) is 5.91 Å². The standard InChI is InChI=1S/C28H41N3O4/c32-25-4-1-19(2-5-25)7-10-29-27(34)30-18-28(23-14-21-13-22(16-23)17-24(28)15-21)31-26(33)6-3-20-8-11-35-12-9-20/h1-2,4-5,20-24,32H,3,6-18H2,(H,31,33)(H2,29,30,34). The van der Waals surface area contributed by atoms with Gasteiger partial charge >= 0.3 is 6.03 Å². The summed E-state index contributed by atoms with van der Waals surface area (Å²) in [6.45, 7) is 2.66. The number of ether oxygens (including phenoxy) is 1. The van der Waals surface area contributed by atoms with Crippen LogP contribution in [0.3, 0.4) is 0 Å². The first-order valence-corrected chi connectivity index (χ1v) is 13.7. The van der Waals surface area contributed by atoms with Gasteiger partial charge in [0.25, 0.3) is 0 Å². The Bertz CT molecular complexity index is 853. The number of amides is 3. The van der Waals surface area contributed by atoms with E-state index >= 15 is 0 Å². The van der Waals surface area contributed by atoms with E-state index in [1.165, 1.54) is 32.1 Å². The number of rotatable bonds is 9. The van der Waals surface area contributed by atoms with Gasteiger partial charge in [-0.15, -0.1) is 0 Å². The van der Waals surface area contributed by atoms with Crippen LogP contribution < -0.4 is 16.0 Å². The minimum atomic E-state index is -0.311. The molecule has 5 fully saturated rings. The molecule has 7 nitrogen and oxygen atoms in total. The van der Waals surface area contributed by atoms with Gasteiger partial charge in [-0.25, -0.2) is 4.79 Å². The number of aromatic hydroxyl groups is 1. The third kappa shape index (κ3) is 5.76. The van der Waals surface area contributed by atoms with E-state index in [-0.39, 0.29) is 23.2 Å². The number of nitrogens with one attached hydrogen (secondary N) is 3. The highest BCUT2D eigenvalue weighted by atomic mass is 16.5. The van der Waals surface area contributed by atoms with Gasteiger partial charge in [0.05, 0.1) is 5.54 Å². The quantitative estimate of drug-likeness (QED) is 0.430. The van der Waals surface area contributed by atoms with E-state index in [0.717, 1.165) is 49.9 Å². The summed E-state index contributed by atoms with van der Waals surface area (Å²) in [4.78, 5) is 25.9. The Labute approximate surface area is 208 Å². The molecule has 6 rings (SSSR count). The smallest absolute Gasteiger partial charge is 0.314 e. The Morgan fingerprint density at radius 3 is 2.26 bits per heavy atom. The summed E-state index contributed by atoms with van der Waals surface area (Å²) in [5, 5.41) is 19.1. The monoisotopic (exact) mass is 483 g/mol. The van der Waals surface area contributed by atoms with Gasteiger partial charge in [0.1, 0.15) is 5.75 Å². The first kappa shape index (κ1) is 24.4. The van der Waals surface area contributed by atoms with Crippen LogP contribution in [0.4, 0.5) is 4.79 Å². The second-order valence-electron chi connectivity index (χ2n) is 11.5. The average molecular weight is 484 g/mol. The number of phenols is 1. The maximum Gasteiger partial charge on any atom is 0.314 e. The van der Waals surface area contributed by atoms with E-state index < -0.39 is 0 Å². The molecule has 35 heavy (non-hydrogen) atoms. The fraction of sp³-hybridized carbons (Fsp3) is 0.714. The van der Waals surface area contributed by atoms with Crippen LogP contribution in [0.2, 0.25) is 0 Å². The zero-order valence-corrected chi connectivity index (χ0v) is 20.8. The molecule has 0 spiro atoms. The van der Waals surface area contributed by atoms with E-state index in [9.17, 15) is 14.7 Å². The van der Waals surface area contributed by atoms with Gasteiger partial charge in [-0.2, -0.15) is 0 Å². The van der Waals surface area contributed by atoms with Gasteiger partial charge in [-0.1, -0.05) is 12.1 Å². The van der Waals surface area contributed by atoms with E-state index in [0.29, 0.717) is 43.7 Å². The van der Waals surface area contributed by atoms with Gasteiger partial charge in [-0.3, -0.25) is 4.79 Å². The van der Waals surface area contributed by atoms with Crippen LogP contribution in [0.5, 0.6) is 5.75 Å². The number of urea groups is 1. The van der Waals surface area contributed by atoms with E-state index in [1.807, 2.05) is 12.1 Å². The molecule has 4 N–H and O–H groups in total. The second kappa shape index (κ2) is 10.8. The van der Waals surface area contributed by atoms with Gasteiger partial charge in [0.15, 0.2) is 0 Å². The van der Waals surface area contributed by atoms with Crippen molar-refractivity contribution in [2.45, 2.75) is 69.7 Å². The van der Waals surface area contributed by atoms with E-state index in [4.69, 9.17) is 4.74 Å². The van der Waals surface area contributed by atoms with Crippen molar-refractivity contribution < 1.29 is 19.4 Å². The van der Waals surface area contributed by atoms with Crippen molar-refractivity contribution in [1.29, 1.82) is 0 Å². The van der Waals surface area contributed by atoms with Crippen molar-refractivity contribution in [2.75, 3.05) is 26.3 Å². The lowest BCUT2D eigenvalue weighted by Crippen LogP contribution is -2.70. The maximum absolute atomic E-state index is 13.2.